The Morgan fingerprint density at radius 3 is 2.46 bits per heavy atom. The Morgan fingerprint density at radius 1 is 1.38 bits per heavy atom. The van der Waals surface area contributed by atoms with Gasteiger partial charge in [0.1, 0.15) is 5.67 Å². The summed E-state index contributed by atoms with van der Waals surface area (Å²) in [4.78, 5) is 0. The summed E-state index contributed by atoms with van der Waals surface area (Å²) < 4.78 is 14.1. The summed E-state index contributed by atoms with van der Waals surface area (Å²) in [5, 5.41) is 0. The highest BCUT2D eigenvalue weighted by atomic mass is 19.1. The zero-order valence-corrected chi connectivity index (χ0v) is 9.02. The minimum atomic E-state index is -0.935. The van der Waals surface area contributed by atoms with Crippen molar-refractivity contribution in [2.75, 3.05) is 6.54 Å². The van der Waals surface area contributed by atoms with Crippen molar-refractivity contribution in [2.24, 2.45) is 23.5 Å². The summed E-state index contributed by atoms with van der Waals surface area (Å²) in [6, 6.07) is 0. The zero-order valence-electron chi connectivity index (χ0n) is 9.02. The molecule has 1 aliphatic rings. The fraction of sp³-hybridized carbons (Fsp3) is 1.00. The van der Waals surface area contributed by atoms with Crippen LogP contribution in [0.4, 0.5) is 4.39 Å². The van der Waals surface area contributed by atoms with Gasteiger partial charge in [0.15, 0.2) is 0 Å². The third-order valence-electron chi connectivity index (χ3n) is 3.89. The van der Waals surface area contributed by atoms with Crippen molar-refractivity contribution >= 4 is 0 Å². The Bertz CT molecular complexity index is 171. The molecule has 2 heteroatoms. The van der Waals surface area contributed by atoms with Crippen LogP contribution in [0.3, 0.4) is 0 Å². The maximum absolute atomic E-state index is 14.1. The van der Waals surface area contributed by atoms with Gasteiger partial charge in [-0.25, -0.2) is 4.39 Å². The van der Waals surface area contributed by atoms with Crippen molar-refractivity contribution in [2.45, 2.75) is 45.7 Å². The Labute approximate surface area is 80.9 Å². The molecule has 0 heterocycles. The molecule has 78 valence electrons. The first-order chi connectivity index (χ1) is 6.02. The lowest BCUT2D eigenvalue weighted by molar-refractivity contribution is 0.0129. The predicted octanol–water partition coefficient (Wildman–Crippen LogP) is 2.75. The second-order valence-corrected chi connectivity index (χ2v) is 4.74. The summed E-state index contributed by atoms with van der Waals surface area (Å²) in [6.07, 6.45) is 2.03. The van der Waals surface area contributed by atoms with E-state index in [-0.39, 0.29) is 0 Å². The largest absolute Gasteiger partial charge is 0.330 e. The van der Waals surface area contributed by atoms with Crippen molar-refractivity contribution in [1.82, 2.24) is 0 Å². The molecule has 1 saturated carbocycles. The topological polar surface area (TPSA) is 26.0 Å². The summed E-state index contributed by atoms with van der Waals surface area (Å²) in [5.74, 6) is 1.45. The Morgan fingerprint density at radius 2 is 2.00 bits per heavy atom. The van der Waals surface area contributed by atoms with E-state index in [1.165, 1.54) is 0 Å². The van der Waals surface area contributed by atoms with Crippen LogP contribution < -0.4 is 5.73 Å². The normalized spacial score (nSPS) is 46.4. The van der Waals surface area contributed by atoms with E-state index >= 15 is 0 Å². The lowest BCUT2D eigenvalue weighted by Crippen LogP contribution is -2.41. The number of hydrogen-bond acceptors (Lipinski definition) is 1. The molecule has 0 radical (unpaired) electrons. The lowest BCUT2D eigenvalue weighted by atomic mass is 9.67. The Balaban J connectivity index is 2.68. The predicted molar refractivity (Wildman–Crippen MR) is 54.2 cm³/mol. The van der Waals surface area contributed by atoms with Crippen molar-refractivity contribution < 1.29 is 4.39 Å². The molecule has 1 nitrogen and oxygen atoms in total. The smallest absolute Gasteiger partial charge is 0.111 e. The number of halogens is 1. The number of hydrogen-bond donors (Lipinski definition) is 1. The van der Waals surface area contributed by atoms with E-state index in [0.717, 1.165) is 6.42 Å². The minimum absolute atomic E-state index is 0.383. The van der Waals surface area contributed by atoms with Crippen LogP contribution in [-0.2, 0) is 0 Å². The fourth-order valence-corrected chi connectivity index (χ4v) is 2.55. The minimum Gasteiger partial charge on any atom is -0.330 e. The summed E-state index contributed by atoms with van der Waals surface area (Å²) in [7, 11) is 0. The average Bonchev–Trinajstić information content (AvgIpc) is 2.11. The lowest BCUT2D eigenvalue weighted by Gasteiger charge is -2.42. The van der Waals surface area contributed by atoms with Gasteiger partial charge in [-0.2, -0.15) is 0 Å². The highest BCUT2D eigenvalue weighted by Crippen LogP contribution is 2.43. The van der Waals surface area contributed by atoms with Crippen LogP contribution in [0.5, 0.6) is 0 Å². The SMILES string of the molecule is CCC1(F)CC(C)C(C)C(CN)C1. The van der Waals surface area contributed by atoms with Gasteiger partial charge < -0.3 is 5.73 Å². The first kappa shape index (κ1) is 11.0. The molecule has 1 rings (SSSR count). The molecule has 0 amide bonds. The van der Waals surface area contributed by atoms with Crippen LogP contribution in [0.25, 0.3) is 0 Å². The second-order valence-electron chi connectivity index (χ2n) is 4.74. The van der Waals surface area contributed by atoms with Gasteiger partial charge in [0.2, 0.25) is 0 Å². The highest BCUT2D eigenvalue weighted by molar-refractivity contribution is 4.92. The first-order valence-electron chi connectivity index (χ1n) is 5.41. The molecule has 2 N–H and O–H groups in total. The van der Waals surface area contributed by atoms with Crippen LogP contribution in [0.2, 0.25) is 0 Å². The third kappa shape index (κ3) is 2.22. The number of rotatable bonds is 2. The van der Waals surface area contributed by atoms with E-state index in [4.69, 9.17) is 5.73 Å². The standard InChI is InChI=1S/C11H22FN/c1-4-11(12)5-8(2)9(3)10(6-11)7-13/h8-10H,4-7,13H2,1-3H3. The van der Waals surface area contributed by atoms with Gasteiger partial charge in [-0.15, -0.1) is 0 Å². The third-order valence-corrected chi connectivity index (χ3v) is 3.89. The monoisotopic (exact) mass is 187 g/mol. The molecule has 0 aromatic carbocycles. The molecule has 0 aromatic heterocycles. The molecule has 0 bridgehead atoms. The molecular formula is C11H22FN. The highest BCUT2D eigenvalue weighted by Gasteiger charge is 2.41. The first-order valence-corrected chi connectivity index (χ1v) is 5.41. The van der Waals surface area contributed by atoms with Gasteiger partial charge >= 0.3 is 0 Å². The van der Waals surface area contributed by atoms with Crippen LogP contribution in [-0.4, -0.2) is 12.2 Å². The van der Waals surface area contributed by atoms with Gasteiger partial charge in [-0.1, -0.05) is 20.8 Å². The van der Waals surface area contributed by atoms with Gasteiger partial charge in [0, 0.05) is 0 Å². The molecule has 4 unspecified atom stereocenters. The van der Waals surface area contributed by atoms with E-state index in [9.17, 15) is 4.39 Å². The molecular weight excluding hydrogens is 165 g/mol. The number of nitrogens with two attached hydrogens (primary N) is 1. The van der Waals surface area contributed by atoms with E-state index < -0.39 is 5.67 Å². The van der Waals surface area contributed by atoms with Crippen LogP contribution >= 0.6 is 0 Å². The van der Waals surface area contributed by atoms with Crippen molar-refractivity contribution in [1.29, 1.82) is 0 Å². The molecule has 13 heavy (non-hydrogen) atoms. The van der Waals surface area contributed by atoms with Crippen molar-refractivity contribution in [3.63, 3.8) is 0 Å². The summed E-state index contributed by atoms with van der Waals surface area (Å²) in [6.45, 7) is 6.93. The molecule has 0 spiro atoms. The maximum atomic E-state index is 14.1. The van der Waals surface area contributed by atoms with Gasteiger partial charge in [0.05, 0.1) is 0 Å². The van der Waals surface area contributed by atoms with Gasteiger partial charge in [0.25, 0.3) is 0 Å². The maximum Gasteiger partial charge on any atom is 0.111 e. The van der Waals surface area contributed by atoms with E-state index in [0.29, 0.717) is 37.1 Å². The molecule has 4 atom stereocenters. The quantitative estimate of drug-likeness (QED) is 0.706. The average molecular weight is 187 g/mol. The van der Waals surface area contributed by atoms with Gasteiger partial charge in [-0.3, -0.25) is 0 Å². The zero-order chi connectivity index (χ0) is 10.1. The van der Waals surface area contributed by atoms with E-state index in [1.54, 1.807) is 0 Å². The van der Waals surface area contributed by atoms with Crippen LogP contribution in [0.1, 0.15) is 40.0 Å². The molecule has 1 fully saturated rings. The van der Waals surface area contributed by atoms with E-state index in [1.807, 2.05) is 6.92 Å². The van der Waals surface area contributed by atoms with Gasteiger partial charge in [-0.05, 0) is 43.6 Å². The molecule has 0 saturated heterocycles. The van der Waals surface area contributed by atoms with E-state index in [2.05, 4.69) is 13.8 Å². The van der Waals surface area contributed by atoms with Crippen molar-refractivity contribution in [3.8, 4) is 0 Å². The Kier molecular flexibility index (Phi) is 3.33. The number of alkyl halides is 1. The molecule has 1 aliphatic carbocycles. The Hall–Kier alpha value is -0.110. The van der Waals surface area contributed by atoms with Crippen LogP contribution in [0.15, 0.2) is 0 Å². The molecule has 0 aromatic rings. The fourth-order valence-electron chi connectivity index (χ4n) is 2.55. The van der Waals surface area contributed by atoms with Crippen LogP contribution in [0, 0.1) is 17.8 Å². The second kappa shape index (κ2) is 3.95. The summed E-state index contributed by atoms with van der Waals surface area (Å²) >= 11 is 0. The summed E-state index contributed by atoms with van der Waals surface area (Å²) in [5.41, 5.74) is 4.73. The molecule has 0 aliphatic heterocycles. The van der Waals surface area contributed by atoms with Crippen molar-refractivity contribution in [3.05, 3.63) is 0 Å².